The maximum absolute atomic E-state index is 3.45. The summed E-state index contributed by atoms with van der Waals surface area (Å²) in [4.78, 5) is 0. The topological polar surface area (TPSA) is 15.3 Å². The van der Waals surface area contributed by atoms with Gasteiger partial charge in [-0.3, -0.25) is 0 Å². The lowest BCUT2D eigenvalue weighted by molar-refractivity contribution is 0.682. The second-order valence-electron chi connectivity index (χ2n) is 3.17. The lowest BCUT2D eigenvalue weighted by Crippen LogP contribution is -2.24. The van der Waals surface area contributed by atoms with E-state index in [2.05, 4.69) is 89.6 Å². The summed E-state index contributed by atoms with van der Waals surface area (Å²) in [5, 5.41) is 3.45. The Balaban J connectivity index is 2.84. The van der Waals surface area contributed by atoms with Crippen LogP contribution in [0.3, 0.4) is 0 Å². The third kappa shape index (κ3) is 4.28. The Morgan fingerprint density at radius 1 is 1.33 bits per heavy atom. The summed E-state index contributed by atoms with van der Waals surface area (Å²) in [6, 6.07) is 8.31. The molecule has 1 N–H and O–H groups in total. The fraction of sp³-hybridized carbons (Fsp3) is 0.273. The van der Waals surface area contributed by atoms with E-state index in [4.69, 9.17) is 0 Å². The maximum Gasteiger partial charge on any atom is 0.0950 e. The molecule has 82 valence electrons. The molecule has 0 saturated heterocycles. The normalized spacial score (nSPS) is 13.4. The van der Waals surface area contributed by atoms with Crippen molar-refractivity contribution < 1.29 is 0 Å². The van der Waals surface area contributed by atoms with Gasteiger partial charge in [0.15, 0.2) is 0 Å². The Labute approximate surface area is 119 Å². The molecule has 1 unspecified atom stereocenters. The van der Waals surface area contributed by atoms with Crippen LogP contribution in [0.5, 0.6) is 0 Å². The summed E-state index contributed by atoms with van der Waals surface area (Å²) in [7, 11) is 0. The Morgan fingerprint density at radius 3 is 2.60 bits per heavy atom. The molecule has 1 aromatic rings. The van der Waals surface area contributed by atoms with E-state index in [1.54, 1.807) is 0 Å². The molecule has 2 nitrogen and oxygen atoms in total. The molecule has 0 spiro atoms. The van der Waals surface area contributed by atoms with E-state index in [0.29, 0.717) is 6.17 Å². The van der Waals surface area contributed by atoms with Crippen molar-refractivity contribution in [1.29, 1.82) is 0 Å². The van der Waals surface area contributed by atoms with E-state index in [9.17, 15) is 0 Å². The van der Waals surface area contributed by atoms with E-state index in [1.807, 2.05) is 13.0 Å². The fourth-order valence-corrected chi connectivity index (χ4v) is 1.51. The highest BCUT2D eigenvalue weighted by Gasteiger charge is 2.07. The molecule has 0 radical (unpaired) electrons. The fourth-order valence-electron chi connectivity index (χ4n) is 1.23. The summed E-state index contributed by atoms with van der Waals surface area (Å²) in [6.45, 7) is 4.16. The van der Waals surface area contributed by atoms with Crippen LogP contribution >= 0.6 is 45.7 Å². The van der Waals surface area contributed by atoms with Crippen LogP contribution in [0, 0.1) is 0 Å². The summed E-state index contributed by atoms with van der Waals surface area (Å²) in [5.74, 6) is 0. The van der Waals surface area contributed by atoms with E-state index in [-0.39, 0.29) is 0 Å². The minimum atomic E-state index is 0.303. The summed E-state index contributed by atoms with van der Waals surface area (Å²) >= 11 is 4.54. The van der Waals surface area contributed by atoms with Crippen molar-refractivity contribution >= 4 is 57.5 Å². The molecule has 0 aliphatic heterocycles. The van der Waals surface area contributed by atoms with Gasteiger partial charge in [-0.05, 0) is 25.5 Å². The molecule has 1 aromatic carbocycles. The molecule has 0 bridgehead atoms. The van der Waals surface area contributed by atoms with Crippen molar-refractivity contribution in [2.45, 2.75) is 20.0 Å². The average Bonchev–Trinajstić information content (AvgIpc) is 2.21. The monoisotopic (exact) mass is 428 g/mol. The number of anilines is 1. The van der Waals surface area contributed by atoms with Gasteiger partial charge < -0.3 is 5.32 Å². The van der Waals surface area contributed by atoms with Gasteiger partial charge in [-0.1, -0.05) is 30.4 Å². The molecule has 15 heavy (non-hydrogen) atoms. The molecule has 0 aliphatic carbocycles. The zero-order chi connectivity index (χ0) is 11.3. The average molecular weight is 428 g/mol. The minimum Gasteiger partial charge on any atom is -0.368 e. The first-order valence-electron chi connectivity index (χ1n) is 4.74. The van der Waals surface area contributed by atoms with Gasteiger partial charge in [0.25, 0.3) is 0 Å². The number of nitrogens with zero attached hydrogens (tertiary/aromatic N) is 1. The van der Waals surface area contributed by atoms with Gasteiger partial charge in [0.05, 0.1) is 6.17 Å². The molecule has 4 heteroatoms. The largest absolute Gasteiger partial charge is 0.368 e. The number of benzene rings is 1. The zero-order valence-corrected chi connectivity index (χ0v) is 13.1. The Hall–Kier alpha value is 0.180. The lowest BCUT2D eigenvalue weighted by Gasteiger charge is -2.19. The quantitative estimate of drug-likeness (QED) is 0.433. The molecule has 0 saturated carbocycles. The number of para-hydroxylation sites is 1. The van der Waals surface area contributed by atoms with Crippen molar-refractivity contribution in [3.63, 3.8) is 0 Å². The van der Waals surface area contributed by atoms with Crippen LogP contribution in [0.25, 0.3) is 6.08 Å². The first kappa shape index (κ1) is 13.2. The number of rotatable bonds is 4. The summed E-state index contributed by atoms with van der Waals surface area (Å²) < 4.78 is 2.09. The highest BCUT2D eigenvalue weighted by Crippen LogP contribution is 2.21. The van der Waals surface area contributed by atoms with Crippen molar-refractivity contribution in [1.82, 2.24) is 1.33 Å². The first-order chi connectivity index (χ1) is 7.15. The molecule has 0 fully saturated rings. The zero-order valence-electron chi connectivity index (χ0n) is 8.74. The molecule has 0 aromatic heterocycles. The van der Waals surface area contributed by atoms with E-state index in [0.717, 1.165) is 0 Å². The van der Waals surface area contributed by atoms with Gasteiger partial charge in [0.1, 0.15) is 0 Å². The van der Waals surface area contributed by atoms with E-state index >= 15 is 0 Å². The lowest BCUT2D eigenvalue weighted by atomic mass is 10.1. The summed E-state index contributed by atoms with van der Waals surface area (Å²) in [5.41, 5.74) is 2.39. The van der Waals surface area contributed by atoms with Crippen molar-refractivity contribution in [2.24, 2.45) is 0 Å². The molecular weight excluding hydrogens is 414 g/mol. The number of nitrogens with one attached hydrogen (secondary N) is 1. The van der Waals surface area contributed by atoms with Gasteiger partial charge in [0, 0.05) is 51.4 Å². The third-order valence-electron chi connectivity index (χ3n) is 1.96. The molecular formula is C11H14I2N2. The van der Waals surface area contributed by atoms with Crippen molar-refractivity contribution in [3.8, 4) is 0 Å². The molecule has 1 atom stereocenters. The van der Waals surface area contributed by atoms with E-state index in [1.165, 1.54) is 11.3 Å². The summed E-state index contributed by atoms with van der Waals surface area (Å²) in [6.07, 6.45) is 4.47. The number of hydrogen-bond donors (Lipinski definition) is 1. The van der Waals surface area contributed by atoms with E-state index < -0.39 is 0 Å². The van der Waals surface area contributed by atoms with Crippen LogP contribution in [-0.4, -0.2) is 7.49 Å². The molecule has 0 heterocycles. The maximum atomic E-state index is 3.45. The SMILES string of the molecule is C/C=C/c1ccccc1NC(C)N(I)I. The molecule has 0 aliphatic rings. The third-order valence-corrected chi connectivity index (χ3v) is 3.64. The molecule has 0 amide bonds. The number of hydrogen-bond acceptors (Lipinski definition) is 2. The van der Waals surface area contributed by atoms with Crippen molar-refractivity contribution in [2.75, 3.05) is 5.32 Å². The highest BCUT2D eigenvalue weighted by molar-refractivity contribution is 14.2. The van der Waals surface area contributed by atoms with Crippen molar-refractivity contribution in [3.05, 3.63) is 35.9 Å². The van der Waals surface area contributed by atoms with Crippen LogP contribution in [0.1, 0.15) is 19.4 Å². The number of allylic oxidation sites excluding steroid dienone is 1. The standard InChI is InChI=1S/C11H14I2N2/c1-3-6-10-7-4-5-8-11(10)14-9(2)15(12)13/h3-9,14H,1-2H3/b6-3+. The second-order valence-corrected chi connectivity index (χ2v) is 7.09. The highest BCUT2D eigenvalue weighted by atomic mass is 127. The predicted octanol–water partition coefficient (Wildman–Crippen LogP) is 4.48. The molecule has 1 rings (SSSR count). The van der Waals surface area contributed by atoms with Gasteiger partial charge >= 0.3 is 0 Å². The van der Waals surface area contributed by atoms with Gasteiger partial charge in [-0.2, -0.15) is 1.33 Å². The van der Waals surface area contributed by atoms with Crippen LogP contribution in [0.4, 0.5) is 5.69 Å². The Kier molecular flexibility index (Phi) is 5.91. The first-order valence-corrected chi connectivity index (χ1v) is 6.67. The van der Waals surface area contributed by atoms with Crippen LogP contribution in [-0.2, 0) is 0 Å². The predicted molar refractivity (Wildman–Crippen MR) is 84.1 cm³/mol. The number of halogens is 2. The van der Waals surface area contributed by atoms with Crippen LogP contribution in [0.2, 0.25) is 0 Å². The van der Waals surface area contributed by atoms with Gasteiger partial charge in [0.2, 0.25) is 0 Å². The second kappa shape index (κ2) is 6.70. The van der Waals surface area contributed by atoms with Crippen LogP contribution in [0.15, 0.2) is 30.3 Å². The smallest absolute Gasteiger partial charge is 0.0950 e. The van der Waals surface area contributed by atoms with Crippen LogP contribution < -0.4 is 5.32 Å². The minimum absolute atomic E-state index is 0.303. The Morgan fingerprint density at radius 2 is 2.00 bits per heavy atom. The van der Waals surface area contributed by atoms with Gasteiger partial charge in [-0.15, -0.1) is 0 Å². The Bertz CT molecular complexity index is 337. The van der Waals surface area contributed by atoms with Gasteiger partial charge in [-0.25, -0.2) is 0 Å².